The van der Waals surface area contributed by atoms with Crippen molar-refractivity contribution in [1.82, 2.24) is 15.5 Å². The van der Waals surface area contributed by atoms with Crippen LogP contribution in [0.15, 0.2) is 0 Å². The largest absolute Gasteiger partial charge is 0.481 e. The van der Waals surface area contributed by atoms with Crippen molar-refractivity contribution in [2.24, 2.45) is 5.41 Å². The second-order valence-electron chi connectivity index (χ2n) is 4.40. The van der Waals surface area contributed by atoms with Gasteiger partial charge in [0.2, 0.25) is 0 Å². The van der Waals surface area contributed by atoms with Crippen molar-refractivity contribution in [3.63, 3.8) is 0 Å². The van der Waals surface area contributed by atoms with Gasteiger partial charge in [0.1, 0.15) is 0 Å². The summed E-state index contributed by atoms with van der Waals surface area (Å²) in [7, 11) is 3.49. The minimum absolute atomic E-state index is 0.140. The first-order chi connectivity index (χ1) is 7.87. The lowest BCUT2D eigenvalue weighted by Gasteiger charge is -2.25. The highest BCUT2D eigenvalue weighted by atomic mass is 16.4. The Bertz CT molecular complexity index is 271. The standard InChI is InChI=1S/C11H23N3O3/c1-5-11(2,9(15)16)8-13-10(17)14(4)7-6-12-3/h12H,5-8H2,1-4H3,(H,13,17)(H,15,16). The Hall–Kier alpha value is -1.30. The van der Waals surface area contributed by atoms with Crippen LogP contribution < -0.4 is 10.6 Å². The molecule has 0 rings (SSSR count). The van der Waals surface area contributed by atoms with Gasteiger partial charge in [0, 0.05) is 26.7 Å². The molecule has 0 radical (unpaired) electrons. The summed E-state index contributed by atoms with van der Waals surface area (Å²) in [6, 6.07) is -0.249. The SMILES string of the molecule is CCC(C)(CNC(=O)N(C)CCNC)C(=O)O. The molecule has 6 heteroatoms. The predicted molar refractivity (Wildman–Crippen MR) is 66.0 cm³/mol. The molecule has 2 amide bonds. The van der Waals surface area contributed by atoms with Gasteiger partial charge in [-0.1, -0.05) is 6.92 Å². The fourth-order valence-electron chi connectivity index (χ4n) is 1.14. The van der Waals surface area contributed by atoms with Crippen LogP contribution in [0.3, 0.4) is 0 Å². The van der Waals surface area contributed by atoms with Crippen LogP contribution in [-0.2, 0) is 4.79 Å². The Morgan fingerprint density at radius 3 is 2.41 bits per heavy atom. The Morgan fingerprint density at radius 1 is 1.41 bits per heavy atom. The molecule has 0 aromatic carbocycles. The Balaban J connectivity index is 4.18. The van der Waals surface area contributed by atoms with Crippen LogP contribution in [0.2, 0.25) is 0 Å². The molecule has 0 aliphatic rings. The second-order valence-corrected chi connectivity index (χ2v) is 4.40. The van der Waals surface area contributed by atoms with E-state index in [0.29, 0.717) is 19.5 Å². The average Bonchev–Trinajstić information content (AvgIpc) is 2.31. The number of hydrogen-bond acceptors (Lipinski definition) is 3. The minimum atomic E-state index is -0.903. The van der Waals surface area contributed by atoms with E-state index >= 15 is 0 Å². The third kappa shape index (κ3) is 5.04. The van der Waals surface area contributed by atoms with Crippen LogP contribution in [0, 0.1) is 5.41 Å². The molecule has 0 heterocycles. The summed E-state index contributed by atoms with van der Waals surface area (Å²) in [4.78, 5) is 24.2. The fourth-order valence-corrected chi connectivity index (χ4v) is 1.14. The van der Waals surface area contributed by atoms with E-state index in [-0.39, 0.29) is 12.6 Å². The van der Waals surface area contributed by atoms with Crippen LogP contribution in [0.1, 0.15) is 20.3 Å². The summed E-state index contributed by atoms with van der Waals surface area (Å²) in [5, 5.41) is 14.6. The molecule has 1 atom stereocenters. The third-order valence-electron chi connectivity index (χ3n) is 2.97. The first kappa shape index (κ1) is 15.7. The van der Waals surface area contributed by atoms with Crippen molar-refractivity contribution >= 4 is 12.0 Å². The van der Waals surface area contributed by atoms with E-state index in [0.717, 1.165) is 0 Å². The molecule has 0 aliphatic carbocycles. The van der Waals surface area contributed by atoms with Crippen LogP contribution in [0.25, 0.3) is 0 Å². The van der Waals surface area contributed by atoms with Crippen molar-refractivity contribution in [2.45, 2.75) is 20.3 Å². The summed E-state index contributed by atoms with van der Waals surface area (Å²) < 4.78 is 0. The van der Waals surface area contributed by atoms with Crippen molar-refractivity contribution in [1.29, 1.82) is 0 Å². The van der Waals surface area contributed by atoms with Gasteiger partial charge in [-0.15, -0.1) is 0 Å². The van der Waals surface area contributed by atoms with E-state index in [4.69, 9.17) is 5.11 Å². The number of nitrogens with one attached hydrogen (secondary N) is 2. The van der Waals surface area contributed by atoms with Gasteiger partial charge in [-0.3, -0.25) is 4.79 Å². The normalized spacial score (nSPS) is 13.9. The zero-order valence-electron chi connectivity index (χ0n) is 11.0. The van der Waals surface area contributed by atoms with E-state index in [1.165, 1.54) is 4.90 Å². The maximum Gasteiger partial charge on any atom is 0.317 e. The van der Waals surface area contributed by atoms with Gasteiger partial charge in [0.25, 0.3) is 0 Å². The van der Waals surface area contributed by atoms with Gasteiger partial charge < -0.3 is 20.6 Å². The number of nitrogens with zero attached hydrogens (tertiary/aromatic N) is 1. The second kappa shape index (κ2) is 7.11. The number of carbonyl (C=O) groups is 2. The Kier molecular flexibility index (Phi) is 6.57. The molecule has 0 aromatic heterocycles. The fraction of sp³-hybridized carbons (Fsp3) is 0.818. The van der Waals surface area contributed by atoms with Crippen LogP contribution in [-0.4, -0.2) is 55.7 Å². The number of aliphatic carboxylic acids is 1. The van der Waals surface area contributed by atoms with Crippen molar-refractivity contribution in [3.8, 4) is 0 Å². The number of likely N-dealkylation sites (N-methyl/N-ethyl adjacent to an activating group) is 2. The quantitative estimate of drug-likeness (QED) is 0.604. The molecule has 0 fully saturated rings. The maximum absolute atomic E-state index is 11.6. The molecular weight excluding hydrogens is 222 g/mol. The zero-order chi connectivity index (χ0) is 13.5. The van der Waals surface area contributed by atoms with Gasteiger partial charge in [-0.2, -0.15) is 0 Å². The average molecular weight is 245 g/mol. The van der Waals surface area contributed by atoms with E-state index in [2.05, 4.69) is 10.6 Å². The summed E-state index contributed by atoms with van der Waals surface area (Å²) >= 11 is 0. The first-order valence-electron chi connectivity index (χ1n) is 5.74. The molecular formula is C11H23N3O3. The van der Waals surface area contributed by atoms with Crippen LogP contribution in [0.5, 0.6) is 0 Å². The third-order valence-corrected chi connectivity index (χ3v) is 2.97. The van der Waals surface area contributed by atoms with E-state index in [1.54, 1.807) is 20.9 Å². The van der Waals surface area contributed by atoms with Crippen molar-refractivity contribution in [2.75, 3.05) is 33.7 Å². The summed E-state index contributed by atoms with van der Waals surface area (Å²) in [6.07, 6.45) is 0.475. The molecule has 17 heavy (non-hydrogen) atoms. The van der Waals surface area contributed by atoms with Gasteiger partial charge in [-0.05, 0) is 20.4 Å². The predicted octanol–water partition coefficient (Wildman–Crippen LogP) is 0.348. The number of carbonyl (C=O) groups excluding carboxylic acids is 1. The van der Waals surface area contributed by atoms with Gasteiger partial charge in [0.15, 0.2) is 0 Å². The van der Waals surface area contributed by atoms with E-state index in [9.17, 15) is 9.59 Å². The van der Waals surface area contributed by atoms with Gasteiger partial charge in [0.05, 0.1) is 5.41 Å². The molecule has 0 saturated heterocycles. The summed E-state index contributed by atoms with van der Waals surface area (Å²) in [6.45, 7) is 4.85. The lowest BCUT2D eigenvalue weighted by atomic mass is 9.88. The van der Waals surface area contributed by atoms with E-state index < -0.39 is 11.4 Å². The molecule has 100 valence electrons. The lowest BCUT2D eigenvalue weighted by Crippen LogP contribution is -2.46. The monoisotopic (exact) mass is 245 g/mol. The molecule has 0 aromatic rings. The highest BCUT2D eigenvalue weighted by molar-refractivity contribution is 5.77. The molecule has 0 aliphatic heterocycles. The molecule has 0 saturated carbocycles. The van der Waals surface area contributed by atoms with Gasteiger partial charge >= 0.3 is 12.0 Å². The Labute approximate surface area is 102 Å². The number of rotatable bonds is 7. The van der Waals surface area contributed by atoms with Crippen molar-refractivity contribution in [3.05, 3.63) is 0 Å². The zero-order valence-corrected chi connectivity index (χ0v) is 11.0. The number of carboxylic acids is 1. The molecule has 6 nitrogen and oxygen atoms in total. The summed E-state index contributed by atoms with van der Waals surface area (Å²) in [5.41, 5.74) is -0.903. The molecule has 0 bridgehead atoms. The molecule has 0 spiro atoms. The van der Waals surface area contributed by atoms with Crippen LogP contribution in [0.4, 0.5) is 4.79 Å². The van der Waals surface area contributed by atoms with E-state index in [1.807, 2.05) is 7.05 Å². The minimum Gasteiger partial charge on any atom is -0.481 e. The smallest absolute Gasteiger partial charge is 0.317 e. The number of amides is 2. The van der Waals surface area contributed by atoms with Gasteiger partial charge in [-0.25, -0.2) is 4.79 Å². The molecule has 3 N–H and O–H groups in total. The number of carboxylic acid groups (broad SMARTS) is 1. The van der Waals surface area contributed by atoms with Crippen molar-refractivity contribution < 1.29 is 14.7 Å². The maximum atomic E-state index is 11.6. The first-order valence-corrected chi connectivity index (χ1v) is 5.74. The molecule has 1 unspecified atom stereocenters. The number of urea groups is 1. The van der Waals surface area contributed by atoms with Crippen LogP contribution >= 0.6 is 0 Å². The Morgan fingerprint density at radius 2 is 2.00 bits per heavy atom. The highest BCUT2D eigenvalue weighted by Gasteiger charge is 2.31. The highest BCUT2D eigenvalue weighted by Crippen LogP contribution is 2.19. The topological polar surface area (TPSA) is 81.7 Å². The number of hydrogen-bond donors (Lipinski definition) is 3. The summed E-state index contributed by atoms with van der Waals surface area (Å²) in [5.74, 6) is -0.891. The lowest BCUT2D eigenvalue weighted by molar-refractivity contribution is -0.147.